The Bertz CT molecular complexity index is 969. The first-order valence-corrected chi connectivity index (χ1v) is 12.3. The Morgan fingerprint density at radius 1 is 1.12 bits per heavy atom. The fourth-order valence-corrected chi connectivity index (χ4v) is 7.06. The van der Waals surface area contributed by atoms with E-state index in [1.165, 1.54) is 30.6 Å². The highest BCUT2D eigenvalue weighted by Crippen LogP contribution is 2.55. The number of nitrogens with zero attached hydrogens (tertiary/aromatic N) is 1. The normalized spacial score (nSPS) is 27.7. The molecule has 3 N–H and O–H groups in total. The molecule has 0 radical (unpaired) electrons. The lowest BCUT2D eigenvalue weighted by Gasteiger charge is -2.56. The van der Waals surface area contributed by atoms with Gasteiger partial charge in [0.2, 0.25) is 5.91 Å². The Kier molecular flexibility index (Phi) is 5.80. The third-order valence-corrected chi connectivity index (χ3v) is 7.95. The van der Waals surface area contributed by atoms with Crippen molar-refractivity contribution >= 4 is 28.4 Å². The number of hydrogen-bond donors (Lipinski definition) is 3. The van der Waals surface area contributed by atoms with Crippen LogP contribution in [0.15, 0.2) is 29.6 Å². The quantitative estimate of drug-likeness (QED) is 0.578. The minimum atomic E-state index is -0.166. The van der Waals surface area contributed by atoms with E-state index >= 15 is 0 Å². The maximum atomic E-state index is 12.5. The largest absolute Gasteiger partial charge is 0.496 e. The number of ether oxygens (including phenoxy) is 1. The number of anilines is 1. The molecule has 2 aromatic rings. The molecule has 4 aliphatic rings. The van der Waals surface area contributed by atoms with Gasteiger partial charge in [0.05, 0.1) is 12.8 Å². The molecular weight excluding hydrogens is 424 g/mol. The monoisotopic (exact) mass is 454 g/mol. The van der Waals surface area contributed by atoms with Crippen LogP contribution >= 0.6 is 11.3 Å². The SMILES string of the molecule is COc1ccccc1-c1csc(NC(=O)CCNC(=O)NC23CC4CC(CC(C4)C2)C3)n1. The third kappa shape index (κ3) is 4.46. The van der Waals surface area contributed by atoms with Crippen LogP contribution in [-0.4, -0.2) is 36.1 Å². The fraction of sp³-hybridized carbons (Fsp3) is 0.542. The van der Waals surface area contributed by atoms with Crippen LogP contribution in [0.3, 0.4) is 0 Å². The Hall–Kier alpha value is -2.61. The van der Waals surface area contributed by atoms with Crippen molar-refractivity contribution in [2.45, 2.75) is 50.5 Å². The van der Waals surface area contributed by atoms with E-state index in [9.17, 15) is 9.59 Å². The van der Waals surface area contributed by atoms with Crippen molar-refractivity contribution in [1.29, 1.82) is 0 Å². The lowest BCUT2D eigenvalue weighted by atomic mass is 9.53. The minimum absolute atomic E-state index is 0.0170. The number of hydrogen-bond acceptors (Lipinski definition) is 5. The summed E-state index contributed by atoms with van der Waals surface area (Å²) in [6.07, 6.45) is 7.59. The van der Waals surface area contributed by atoms with Crippen molar-refractivity contribution in [2.24, 2.45) is 17.8 Å². The van der Waals surface area contributed by atoms with Crippen LogP contribution in [-0.2, 0) is 4.79 Å². The van der Waals surface area contributed by atoms with Crippen LogP contribution in [0.2, 0.25) is 0 Å². The van der Waals surface area contributed by atoms with Crippen LogP contribution in [0.1, 0.15) is 44.9 Å². The highest BCUT2D eigenvalue weighted by molar-refractivity contribution is 7.14. The van der Waals surface area contributed by atoms with Crippen molar-refractivity contribution in [3.63, 3.8) is 0 Å². The summed E-state index contributed by atoms with van der Waals surface area (Å²) < 4.78 is 5.38. The van der Waals surface area contributed by atoms with E-state index in [2.05, 4.69) is 20.9 Å². The summed E-state index contributed by atoms with van der Waals surface area (Å²) in [5.74, 6) is 2.93. The summed E-state index contributed by atoms with van der Waals surface area (Å²) in [5, 5.41) is 11.4. The van der Waals surface area contributed by atoms with Gasteiger partial charge in [-0.2, -0.15) is 0 Å². The number of aromatic nitrogens is 1. The molecule has 4 aliphatic carbocycles. The van der Waals surface area contributed by atoms with E-state index in [4.69, 9.17) is 4.74 Å². The zero-order valence-corrected chi connectivity index (χ0v) is 19.2. The van der Waals surface area contributed by atoms with E-state index < -0.39 is 0 Å². The third-order valence-electron chi connectivity index (χ3n) is 7.19. The van der Waals surface area contributed by atoms with Gasteiger partial charge in [-0.3, -0.25) is 4.79 Å². The van der Waals surface area contributed by atoms with Gasteiger partial charge >= 0.3 is 6.03 Å². The molecule has 6 rings (SSSR count). The second kappa shape index (κ2) is 8.73. The molecule has 3 amide bonds. The number of urea groups is 1. The van der Waals surface area contributed by atoms with Gasteiger partial charge in [-0.25, -0.2) is 9.78 Å². The zero-order valence-electron chi connectivity index (χ0n) is 18.4. The Labute approximate surface area is 192 Å². The van der Waals surface area contributed by atoms with Crippen molar-refractivity contribution in [3.8, 4) is 17.0 Å². The standard InChI is InChI=1S/C24H30N4O3S/c1-31-20-5-3-2-4-18(20)19-14-32-23(26-19)27-21(29)6-7-25-22(30)28-24-11-15-8-16(12-24)10-17(9-15)13-24/h2-5,14-17H,6-13H2,1H3,(H2,25,28,30)(H,26,27,29). The number of nitrogens with one attached hydrogen (secondary N) is 3. The molecule has 7 nitrogen and oxygen atoms in total. The number of carbonyl (C=O) groups excluding carboxylic acids is 2. The number of rotatable bonds is 7. The summed E-state index contributed by atoms with van der Waals surface area (Å²) >= 11 is 1.37. The van der Waals surface area contributed by atoms with Crippen LogP contribution in [0.5, 0.6) is 5.75 Å². The van der Waals surface area contributed by atoms with Crippen LogP contribution in [0.25, 0.3) is 11.3 Å². The molecule has 32 heavy (non-hydrogen) atoms. The summed E-state index contributed by atoms with van der Waals surface area (Å²) in [6.45, 7) is 0.300. The molecule has 1 aromatic carbocycles. The van der Waals surface area contributed by atoms with Gasteiger partial charge in [0.1, 0.15) is 5.75 Å². The average Bonchev–Trinajstić information content (AvgIpc) is 3.20. The maximum Gasteiger partial charge on any atom is 0.315 e. The molecule has 0 aliphatic heterocycles. The van der Waals surface area contributed by atoms with Crippen molar-refractivity contribution in [3.05, 3.63) is 29.6 Å². The van der Waals surface area contributed by atoms with Crippen molar-refractivity contribution in [1.82, 2.24) is 15.6 Å². The first-order valence-electron chi connectivity index (χ1n) is 11.5. The molecule has 4 fully saturated rings. The highest BCUT2D eigenvalue weighted by atomic mass is 32.1. The minimum Gasteiger partial charge on any atom is -0.496 e. The van der Waals surface area contributed by atoms with Crippen LogP contribution in [0, 0.1) is 17.8 Å². The molecule has 1 aromatic heterocycles. The van der Waals surface area contributed by atoms with Gasteiger partial charge in [-0.15, -0.1) is 11.3 Å². The topological polar surface area (TPSA) is 92.4 Å². The Balaban J connectivity index is 1.08. The molecule has 4 bridgehead atoms. The van der Waals surface area contributed by atoms with E-state index in [1.54, 1.807) is 7.11 Å². The van der Waals surface area contributed by atoms with E-state index in [-0.39, 0.29) is 23.9 Å². The first-order chi connectivity index (χ1) is 15.5. The van der Waals surface area contributed by atoms with Gasteiger partial charge in [0, 0.05) is 29.4 Å². The number of carbonyl (C=O) groups is 2. The lowest BCUT2D eigenvalue weighted by Crippen LogP contribution is -2.61. The average molecular weight is 455 g/mol. The van der Waals surface area contributed by atoms with Crippen LogP contribution in [0.4, 0.5) is 9.93 Å². The lowest BCUT2D eigenvalue weighted by molar-refractivity contribution is -0.116. The number of amides is 3. The van der Waals surface area contributed by atoms with Crippen molar-refractivity contribution in [2.75, 3.05) is 19.0 Å². The molecule has 8 heteroatoms. The zero-order chi connectivity index (χ0) is 22.1. The number of benzene rings is 1. The van der Waals surface area contributed by atoms with E-state index in [0.29, 0.717) is 11.7 Å². The fourth-order valence-electron chi connectivity index (χ4n) is 6.33. The molecular formula is C24H30N4O3S. The van der Waals surface area contributed by atoms with Gasteiger partial charge in [-0.05, 0) is 68.4 Å². The Morgan fingerprint density at radius 2 is 1.81 bits per heavy atom. The number of methoxy groups -OCH3 is 1. The highest BCUT2D eigenvalue weighted by Gasteiger charge is 2.51. The smallest absolute Gasteiger partial charge is 0.315 e. The molecule has 170 valence electrons. The summed E-state index contributed by atoms with van der Waals surface area (Å²) in [5.41, 5.74) is 1.63. The van der Waals surface area contributed by atoms with Gasteiger partial charge < -0.3 is 20.7 Å². The number of para-hydroxylation sites is 1. The van der Waals surface area contributed by atoms with Crippen molar-refractivity contribution < 1.29 is 14.3 Å². The molecule has 0 saturated heterocycles. The predicted octanol–water partition coefficient (Wildman–Crippen LogP) is 4.42. The maximum absolute atomic E-state index is 12.5. The van der Waals surface area contributed by atoms with Gasteiger partial charge in [0.15, 0.2) is 5.13 Å². The molecule has 4 saturated carbocycles. The molecule has 1 heterocycles. The van der Waals surface area contributed by atoms with Crippen LogP contribution < -0.4 is 20.7 Å². The van der Waals surface area contributed by atoms with E-state index in [0.717, 1.165) is 54.0 Å². The second-order valence-electron chi connectivity index (χ2n) is 9.62. The molecule has 0 spiro atoms. The molecule has 0 unspecified atom stereocenters. The number of thiazole rings is 1. The first kappa shape index (κ1) is 21.2. The summed E-state index contributed by atoms with van der Waals surface area (Å²) in [7, 11) is 1.63. The molecule has 0 atom stereocenters. The second-order valence-corrected chi connectivity index (χ2v) is 10.5. The summed E-state index contributed by atoms with van der Waals surface area (Å²) in [6, 6.07) is 7.51. The van der Waals surface area contributed by atoms with Gasteiger partial charge in [-0.1, -0.05) is 12.1 Å². The summed E-state index contributed by atoms with van der Waals surface area (Å²) in [4.78, 5) is 29.3. The predicted molar refractivity (Wildman–Crippen MR) is 125 cm³/mol. The van der Waals surface area contributed by atoms with E-state index in [1.807, 2.05) is 29.6 Å². The van der Waals surface area contributed by atoms with Gasteiger partial charge in [0.25, 0.3) is 0 Å². The Morgan fingerprint density at radius 3 is 2.50 bits per heavy atom.